The standard InChI is InChI=1S/C11H15BrClN/c1-8(2)14(3)11-5-4-9(7-13)6-10(11)12/h4-6,8H,7H2,1-3H3. The van der Waals surface area contributed by atoms with Crippen LogP contribution in [0.25, 0.3) is 0 Å². The molecule has 0 atom stereocenters. The van der Waals surface area contributed by atoms with Crippen LogP contribution in [0, 0.1) is 0 Å². The van der Waals surface area contributed by atoms with Gasteiger partial charge in [-0.2, -0.15) is 0 Å². The molecule has 0 amide bonds. The van der Waals surface area contributed by atoms with Crippen molar-refractivity contribution >= 4 is 33.2 Å². The van der Waals surface area contributed by atoms with Crippen LogP contribution in [0.2, 0.25) is 0 Å². The van der Waals surface area contributed by atoms with Crippen LogP contribution in [0.5, 0.6) is 0 Å². The summed E-state index contributed by atoms with van der Waals surface area (Å²) in [6.07, 6.45) is 0. The Hall–Kier alpha value is -0.210. The average molecular weight is 277 g/mol. The molecule has 1 rings (SSSR count). The predicted octanol–water partition coefficient (Wildman–Crippen LogP) is 4.03. The zero-order valence-electron chi connectivity index (χ0n) is 8.72. The van der Waals surface area contributed by atoms with Gasteiger partial charge in [-0.15, -0.1) is 11.6 Å². The van der Waals surface area contributed by atoms with Gasteiger partial charge >= 0.3 is 0 Å². The molecule has 14 heavy (non-hydrogen) atoms. The summed E-state index contributed by atoms with van der Waals surface area (Å²) in [5, 5.41) is 0. The summed E-state index contributed by atoms with van der Waals surface area (Å²) < 4.78 is 1.10. The maximum Gasteiger partial charge on any atom is 0.0510 e. The van der Waals surface area contributed by atoms with Crippen molar-refractivity contribution in [3.05, 3.63) is 28.2 Å². The normalized spacial score (nSPS) is 10.7. The van der Waals surface area contributed by atoms with E-state index < -0.39 is 0 Å². The van der Waals surface area contributed by atoms with E-state index >= 15 is 0 Å². The van der Waals surface area contributed by atoms with Crippen LogP contribution in [0.15, 0.2) is 22.7 Å². The molecule has 0 spiro atoms. The second-order valence-electron chi connectivity index (χ2n) is 3.62. The molecule has 1 aromatic carbocycles. The molecular weight excluding hydrogens is 261 g/mol. The van der Waals surface area contributed by atoms with Gasteiger partial charge in [0.25, 0.3) is 0 Å². The van der Waals surface area contributed by atoms with Crippen LogP contribution in [0.4, 0.5) is 5.69 Å². The third kappa shape index (κ3) is 2.64. The number of alkyl halides is 1. The number of rotatable bonds is 3. The van der Waals surface area contributed by atoms with Crippen LogP contribution >= 0.6 is 27.5 Å². The Morgan fingerprint density at radius 2 is 2.07 bits per heavy atom. The lowest BCUT2D eigenvalue weighted by Crippen LogP contribution is -2.25. The van der Waals surface area contributed by atoms with Crippen LogP contribution in [-0.2, 0) is 5.88 Å². The van der Waals surface area contributed by atoms with E-state index in [9.17, 15) is 0 Å². The lowest BCUT2D eigenvalue weighted by atomic mass is 10.2. The zero-order valence-corrected chi connectivity index (χ0v) is 11.1. The molecule has 0 heterocycles. The van der Waals surface area contributed by atoms with Crippen molar-refractivity contribution in [2.45, 2.75) is 25.8 Å². The number of benzene rings is 1. The van der Waals surface area contributed by atoms with Gasteiger partial charge in [-0.1, -0.05) is 6.07 Å². The van der Waals surface area contributed by atoms with Gasteiger partial charge in [-0.25, -0.2) is 0 Å². The summed E-state index contributed by atoms with van der Waals surface area (Å²) in [6.45, 7) is 4.34. The molecule has 0 aliphatic rings. The molecule has 0 N–H and O–H groups in total. The number of hydrogen-bond acceptors (Lipinski definition) is 1. The SMILES string of the molecule is CC(C)N(C)c1ccc(CCl)cc1Br. The predicted molar refractivity (Wildman–Crippen MR) is 67.2 cm³/mol. The summed E-state index contributed by atoms with van der Waals surface area (Å²) >= 11 is 9.32. The van der Waals surface area contributed by atoms with Crippen molar-refractivity contribution in [1.82, 2.24) is 0 Å². The minimum atomic E-state index is 0.494. The van der Waals surface area contributed by atoms with E-state index in [4.69, 9.17) is 11.6 Å². The first-order valence-corrected chi connectivity index (χ1v) is 5.96. The molecule has 0 saturated carbocycles. The summed E-state index contributed by atoms with van der Waals surface area (Å²) in [5.74, 6) is 0.560. The first kappa shape index (κ1) is 11.9. The van der Waals surface area contributed by atoms with Gasteiger partial charge in [0.2, 0.25) is 0 Å². The summed E-state index contributed by atoms with van der Waals surface area (Å²) in [5.41, 5.74) is 2.34. The van der Waals surface area contributed by atoms with Crippen molar-refractivity contribution in [2.75, 3.05) is 11.9 Å². The highest BCUT2D eigenvalue weighted by atomic mass is 79.9. The zero-order chi connectivity index (χ0) is 10.7. The van der Waals surface area contributed by atoms with E-state index in [0.29, 0.717) is 11.9 Å². The minimum Gasteiger partial charge on any atom is -0.371 e. The Labute approximate surface area is 99.2 Å². The van der Waals surface area contributed by atoms with Gasteiger partial charge in [-0.05, 0) is 47.5 Å². The highest BCUT2D eigenvalue weighted by Gasteiger charge is 2.08. The fourth-order valence-corrected chi connectivity index (χ4v) is 2.07. The van der Waals surface area contributed by atoms with Gasteiger partial charge in [0.15, 0.2) is 0 Å². The lowest BCUT2D eigenvalue weighted by Gasteiger charge is -2.25. The lowest BCUT2D eigenvalue weighted by molar-refractivity contribution is 0.753. The van der Waals surface area contributed by atoms with Crippen LogP contribution in [0.1, 0.15) is 19.4 Å². The summed E-state index contributed by atoms with van der Waals surface area (Å²) in [7, 11) is 2.09. The summed E-state index contributed by atoms with van der Waals surface area (Å²) in [6, 6.07) is 6.72. The average Bonchev–Trinajstić information content (AvgIpc) is 2.16. The van der Waals surface area contributed by atoms with E-state index in [1.807, 2.05) is 0 Å². The summed E-state index contributed by atoms with van der Waals surface area (Å²) in [4.78, 5) is 2.22. The van der Waals surface area contributed by atoms with E-state index in [-0.39, 0.29) is 0 Å². The number of hydrogen-bond donors (Lipinski definition) is 0. The first-order valence-electron chi connectivity index (χ1n) is 4.63. The number of halogens is 2. The van der Waals surface area contributed by atoms with Gasteiger partial charge in [0, 0.05) is 23.4 Å². The monoisotopic (exact) mass is 275 g/mol. The molecule has 1 aromatic rings. The van der Waals surface area contributed by atoms with Gasteiger partial charge in [0.1, 0.15) is 0 Å². The second kappa shape index (κ2) is 5.04. The molecule has 0 bridgehead atoms. The molecule has 0 unspecified atom stereocenters. The maximum atomic E-state index is 5.76. The molecule has 3 heteroatoms. The molecule has 1 nitrogen and oxygen atoms in total. The van der Waals surface area contributed by atoms with Crippen molar-refractivity contribution in [3.63, 3.8) is 0 Å². The van der Waals surface area contributed by atoms with E-state index in [0.717, 1.165) is 10.0 Å². The Bertz CT molecular complexity index is 312. The van der Waals surface area contributed by atoms with Crippen LogP contribution in [-0.4, -0.2) is 13.1 Å². The molecule has 0 fully saturated rings. The molecule has 0 aromatic heterocycles. The fraction of sp³-hybridized carbons (Fsp3) is 0.455. The number of anilines is 1. The third-order valence-corrected chi connectivity index (χ3v) is 3.26. The van der Waals surface area contributed by atoms with E-state index in [2.05, 4.69) is 59.9 Å². The van der Waals surface area contributed by atoms with Crippen LogP contribution < -0.4 is 4.90 Å². The Kier molecular flexibility index (Phi) is 4.27. The minimum absolute atomic E-state index is 0.494. The highest BCUT2D eigenvalue weighted by Crippen LogP contribution is 2.28. The molecule has 0 radical (unpaired) electrons. The molecule has 0 aliphatic carbocycles. The molecule has 78 valence electrons. The first-order chi connectivity index (χ1) is 6.56. The van der Waals surface area contributed by atoms with Crippen molar-refractivity contribution < 1.29 is 0 Å². The van der Waals surface area contributed by atoms with E-state index in [1.54, 1.807) is 0 Å². The highest BCUT2D eigenvalue weighted by molar-refractivity contribution is 9.10. The topological polar surface area (TPSA) is 3.24 Å². The van der Waals surface area contributed by atoms with Crippen molar-refractivity contribution in [1.29, 1.82) is 0 Å². The van der Waals surface area contributed by atoms with Gasteiger partial charge < -0.3 is 4.90 Å². The second-order valence-corrected chi connectivity index (χ2v) is 4.75. The largest absolute Gasteiger partial charge is 0.371 e. The molecule has 0 aliphatic heterocycles. The van der Waals surface area contributed by atoms with Gasteiger partial charge in [0.05, 0.1) is 5.69 Å². The van der Waals surface area contributed by atoms with E-state index in [1.165, 1.54) is 5.69 Å². The number of nitrogens with zero attached hydrogens (tertiary/aromatic N) is 1. The quantitative estimate of drug-likeness (QED) is 0.753. The Morgan fingerprint density at radius 1 is 1.43 bits per heavy atom. The van der Waals surface area contributed by atoms with Crippen LogP contribution in [0.3, 0.4) is 0 Å². The van der Waals surface area contributed by atoms with Crippen molar-refractivity contribution in [3.8, 4) is 0 Å². The van der Waals surface area contributed by atoms with Gasteiger partial charge in [-0.3, -0.25) is 0 Å². The fourth-order valence-electron chi connectivity index (χ4n) is 1.20. The Morgan fingerprint density at radius 3 is 2.50 bits per heavy atom. The Balaban J connectivity index is 2.99. The molecular formula is C11H15BrClN. The van der Waals surface area contributed by atoms with Crippen molar-refractivity contribution in [2.24, 2.45) is 0 Å². The maximum absolute atomic E-state index is 5.76. The smallest absolute Gasteiger partial charge is 0.0510 e. The third-order valence-electron chi connectivity index (χ3n) is 2.32. The molecule has 0 saturated heterocycles.